The zero-order valence-electron chi connectivity index (χ0n) is 18.4. The first-order valence-corrected chi connectivity index (χ1v) is 10.9. The molecule has 0 radical (unpaired) electrons. The summed E-state index contributed by atoms with van der Waals surface area (Å²) in [6.07, 6.45) is 1.71. The average Bonchev–Trinajstić information content (AvgIpc) is 3.18. The van der Waals surface area contributed by atoms with Crippen LogP contribution in [0.5, 0.6) is 0 Å². The van der Waals surface area contributed by atoms with Gasteiger partial charge < -0.3 is 15.0 Å². The molecule has 31 heavy (non-hydrogen) atoms. The Morgan fingerprint density at radius 1 is 1.06 bits per heavy atom. The number of carbonyl (C=O) groups excluding carboxylic acids is 3. The molecular formula is C25H30N2O4. The maximum Gasteiger partial charge on any atom is 0.311 e. The molecule has 6 heteroatoms. The van der Waals surface area contributed by atoms with Crippen molar-refractivity contribution in [1.29, 1.82) is 0 Å². The molecule has 0 unspecified atom stereocenters. The lowest BCUT2D eigenvalue weighted by molar-refractivity contribution is -0.152. The van der Waals surface area contributed by atoms with E-state index in [0.29, 0.717) is 0 Å². The first kappa shape index (κ1) is 22.5. The molecule has 1 saturated heterocycles. The number of para-hydroxylation sites is 1. The van der Waals surface area contributed by atoms with Crippen molar-refractivity contribution in [2.24, 2.45) is 5.92 Å². The van der Waals surface area contributed by atoms with Gasteiger partial charge in [0.1, 0.15) is 0 Å². The minimum absolute atomic E-state index is 0.0836. The maximum atomic E-state index is 12.7. The van der Waals surface area contributed by atoms with Crippen LogP contribution >= 0.6 is 0 Å². The van der Waals surface area contributed by atoms with Gasteiger partial charge in [0.25, 0.3) is 5.91 Å². The Kier molecular flexibility index (Phi) is 7.45. The zero-order chi connectivity index (χ0) is 22.4. The maximum absolute atomic E-state index is 12.7. The standard InChI is InChI=1S/C25H30N2O4/c1-4-18-12-9-13-19(5-2)24(18)27-15-21(14-23(27)29)25(30)31-16-22(28)26-17(3)20-10-7-6-8-11-20/h6-13,17,21H,4-5,14-16H2,1-3H3,(H,26,28)/t17-,21-/m0/s1. The lowest BCUT2D eigenvalue weighted by Crippen LogP contribution is -2.33. The van der Waals surface area contributed by atoms with Gasteiger partial charge in [0, 0.05) is 18.7 Å². The van der Waals surface area contributed by atoms with E-state index in [2.05, 4.69) is 19.2 Å². The van der Waals surface area contributed by atoms with Gasteiger partial charge in [-0.3, -0.25) is 14.4 Å². The summed E-state index contributed by atoms with van der Waals surface area (Å²) in [5, 5.41) is 2.82. The normalized spacial score (nSPS) is 16.8. The SMILES string of the molecule is CCc1cccc(CC)c1N1C[C@@H](C(=O)OCC(=O)N[C@@H](C)c2ccccc2)CC1=O. The van der Waals surface area contributed by atoms with Crippen LogP contribution in [0.2, 0.25) is 0 Å². The minimum Gasteiger partial charge on any atom is -0.455 e. The van der Waals surface area contributed by atoms with Crippen LogP contribution in [0, 0.1) is 5.92 Å². The smallest absolute Gasteiger partial charge is 0.311 e. The Hall–Kier alpha value is -3.15. The molecule has 0 spiro atoms. The second-order valence-corrected chi connectivity index (χ2v) is 7.84. The number of hydrogen-bond donors (Lipinski definition) is 1. The highest BCUT2D eigenvalue weighted by atomic mass is 16.5. The van der Waals surface area contributed by atoms with Crippen LogP contribution in [0.25, 0.3) is 0 Å². The third kappa shape index (κ3) is 5.32. The quantitative estimate of drug-likeness (QED) is 0.660. The Labute approximate surface area is 183 Å². The molecule has 2 amide bonds. The third-order valence-corrected chi connectivity index (χ3v) is 5.72. The zero-order valence-corrected chi connectivity index (χ0v) is 18.4. The summed E-state index contributed by atoms with van der Waals surface area (Å²) >= 11 is 0. The fraction of sp³-hybridized carbons (Fsp3) is 0.400. The second kappa shape index (κ2) is 10.2. The van der Waals surface area contributed by atoms with Crippen molar-refractivity contribution in [1.82, 2.24) is 5.32 Å². The number of amides is 2. The Morgan fingerprint density at radius 2 is 1.71 bits per heavy atom. The highest BCUT2D eigenvalue weighted by molar-refractivity contribution is 6.00. The van der Waals surface area contributed by atoms with Crippen molar-refractivity contribution in [3.05, 3.63) is 65.2 Å². The van der Waals surface area contributed by atoms with Crippen molar-refractivity contribution in [3.8, 4) is 0 Å². The Balaban J connectivity index is 1.58. The summed E-state index contributed by atoms with van der Waals surface area (Å²) < 4.78 is 5.24. The molecule has 1 heterocycles. The first-order valence-electron chi connectivity index (χ1n) is 10.9. The van der Waals surface area contributed by atoms with E-state index in [9.17, 15) is 14.4 Å². The topological polar surface area (TPSA) is 75.7 Å². The summed E-state index contributed by atoms with van der Waals surface area (Å²) in [6.45, 7) is 5.91. The van der Waals surface area contributed by atoms with Crippen LogP contribution in [0.4, 0.5) is 5.69 Å². The number of hydrogen-bond acceptors (Lipinski definition) is 4. The monoisotopic (exact) mass is 422 g/mol. The van der Waals surface area contributed by atoms with E-state index < -0.39 is 11.9 Å². The number of carbonyl (C=O) groups is 3. The number of nitrogens with one attached hydrogen (secondary N) is 1. The summed E-state index contributed by atoms with van der Waals surface area (Å²) in [4.78, 5) is 39.2. The van der Waals surface area contributed by atoms with Gasteiger partial charge in [-0.05, 0) is 36.5 Å². The van der Waals surface area contributed by atoms with Crippen LogP contribution in [0.1, 0.15) is 49.9 Å². The van der Waals surface area contributed by atoms with Gasteiger partial charge in [-0.1, -0.05) is 62.4 Å². The molecule has 6 nitrogen and oxygen atoms in total. The fourth-order valence-corrected chi connectivity index (χ4v) is 4.01. The second-order valence-electron chi connectivity index (χ2n) is 7.84. The largest absolute Gasteiger partial charge is 0.455 e. The number of aryl methyl sites for hydroxylation is 2. The predicted molar refractivity (Wildman–Crippen MR) is 120 cm³/mol. The van der Waals surface area contributed by atoms with Crippen LogP contribution < -0.4 is 10.2 Å². The van der Waals surface area contributed by atoms with Gasteiger partial charge >= 0.3 is 5.97 Å². The van der Waals surface area contributed by atoms with Crippen molar-refractivity contribution < 1.29 is 19.1 Å². The van der Waals surface area contributed by atoms with Gasteiger partial charge in [-0.15, -0.1) is 0 Å². The van der Waals surface area contributed by atoms with Crippen LogP contribution in [-0.2, 0) is 32.0 Å². The molecule has 1 fully saturated rings. The van der Waals surface area contributed by atoms with E-state index in [0.717, 1.165) is 35.2 Å². The molecule has 2 atom stereocenters. The predicted octanol–water partition coefficient (Wildman–Crippen LogP) is 3.58. The molecule has 0 aliphatic carbocycles. The molecule has 3 rings (SSSR count). The highest BCUT2D eigenvalue weighted by Crippen LogP contribution is 2.32. The molecule has 1 N–H and O–H groups in total. The molecule has 1 aliphatic heterocycles. The Bertz CT molecular complexity index is 920. The number of rotatable bonds is 8. The van der Waals surface area contributed by atoms with E-state index in [-0.39, 0.29) is 37.4 Å². The van der Waals surface area contributed by atoms with Crippen molar-refractivity contribution in [2.45, 2.75) is 46.1 Å². The number of benzene rings is 2. The Morgan fingerprint density at radius 3 is 2.32 bits per heavy atom. The molecular weight excluding hydrogens is 392 g/mol. The van der Waals surface area contributed by atoms with E-state index >= 15 is 0 Å². The van der Waals surface area contributed by atoms with Crippen LogP contribution in [0.15, 0.2) is 48.5 Å². The van der Waals surface area contributed by atoms with Crippen molar-refractivity contribution in [2.75, 3.05) is 18.1 Å². The third-order valence-electron chi connectivity index (χ3n) is 5.72. The summed E-state index contributed by atoms with van der Waals surface area (Å²) in [5.74, 6) is -1.53. The summed E-state index contributed by atoms with van der Waals surface area (Å²) in [5.41, 5.74) is 4.08. The van der Waals surface area contributed by atoms with Gasteiger partial charge in [0.2, 0.25) is 5.91 Å². The molecule has 2 aromatic rings. The minimum atomic E-state index is -0.568. The molecule has 0 saturated carbocycles. The lowest BCUT2D eigenvalue weighted by Gasteiger charge is -2.23. The number of nitrogens with zero attached hydrogens (tertiary/aromatic N) is 1. The van der Waals surface area contributed by atoms with Crippen LogP contribution in [0.3, 0.4) is 0 Å². The van der Waals surface area contributed by atoms with E-state index in [1.807, 2.05) is 55.5 Å². The molecule has 1 aliphatic rings. The van der Waals surface area contributed by atoms with E-state index in [1.165, 1.54) is 0 Å². The van der Waals surface area contributed by atoms with Gasteiger partial charge in [-0.2, -0.15) is 0 Å². The molecule has 0 aromatic heterocycles. The molecule has 164 valence electrons. The van der Waals surface area contributed by atoms with Gasteiger partial charge in [0.15, 0.2) is 6.61 Å². The van der Waals surface area contributed by atoms with Gasteiger partial charge in [-0.25, -0.2) is 0 Å². The van der Waals surface area contributed by atoms with E-state index in [1.54, 1.807) is 4.90 Å². The van der Waals surface area contributed by atoms with Crippen molar-refractivity contribution >= 4 is 23.5 Å². The van der Waals surface area contributed by atoms with Crippen molar-refractivity contribution in [3.63, 3.8) is 0 Å². The lowest BCUT2D eigenvalue weighted by atomic mass is 10.0. The molecule has 2 aromatic carbocycles. The molecule has 0 bridgehead atoms. The average molecular weight is 423 g/mol. The van der Waals surface area contributed by atoms with E-state index in [4.69, 9.17) is 4.74 Å². The number of anilines is 1. The van der Waals surface area contributed by atoms with Crippen LogP contribution in [-0.4, -0.2) is 30.9 Å². The summed E-state index contributed by atoms with van der Waals surface area (Å²) in [7, 11) is 0. The number of ether oxygens (including phenoxy) is 1. The summed E-state index contributed by atoms with van der Waals surface area (Å²) in [6, 6.07) is 15.4. The first-order chi connectivity index (χ1) is 14.9. The highest BCUT2D eigenvalue weighted by Gasteiger charge is 2.37. The fourth-order valence-electron chi connectivity index (χ4n) is 4.01. The number of esters is 1. The van der Waals surface area contributed by atoms with Gasteiger partial charge in [0.05, 0.1) is 12.0 Å².